The Morgan fingerprint density at radius 2 is 1.88 bits per heavy atom. The zero-order chi connectivity index (χ0) is 24.5. The summed E-state index contributed by atoms with van der Waals surface area (Å²) in [6.45, 7) is 4.71. The van der Waals surface area contributed by atoms with Crippen molar-refractivity contribution in [1.29, 1.82) is 0 Å². The van der Waals surface area contributed by atoms with Crippen molar-refractivity contribution in [3.05, 3.63) is 33.7 Å². The second-order valence-electron chi connectivity index (χ2n) is 6.71. The van der Waals surface area contributed by atoms with E-state index in [9.17, 15) is 14.4 Å². The molecule has 0 radical (unpaired) electrons. The Morgan fingerprint density at radius 3 is 2.36 bits per heavy atom. The number of carboxylic acid groups (broad SMARTS) is 2. The lowest BCUT2D eigenvalue weighted by atomic mass is 9.96. The van der Waals surface area contributed by atoms with Crippen LogP contribution in [0.25, 0.3) is 0 Å². The van der Waals surface area contributed by atoms with Crippen molar-refractivity contribution in [2.75, 3.05) is 12.3 Å². The second-order valence-corrected chi connectivity index (χ2v) is 7.65. The van der Waals surface area contributed by atoms with Crippen LogP contribution in [-0.4, -0.2) is 65.8 Å². The van der Waals surface area contributed by atoms with Crippen molar-refractivity contribution < 1.29 is 61.9 Å². The van der Waals surface area contributed by atoms with Crippen molar-refractivity contribution in [2.45, 2.75) is 45.3 Å². The van der Waals surface area contributed by atoms with E-state index in [0.717, 1.165) is 11.3 Å². The fraction of sp³-hybridized carbons (Fsp3) is 0.444. The van der Waals surface area contributed by atoms with Crippen molar-refractivity contribution in [3.63, 3.8) is 0 Å². The van der Waals surface area contributed by atoms with E-state index < -0.39 is 36.4 Å². The largest absolute Gasteiger partial charge is 1.00 e. The van der Waals surface area contributed by atoms with Gasteiger partial charge < -0.3 is 43.5 Å². The molecule has 0 bridgehead atoms. The minimum Gasteiger partial charge on any atom is -1.00 e. The number of aliphatic hydroxyl groups excluding tert-OH is 1. The quantitative estimate of drug-likeness (QED) is 0.109. The molecular weight excluding hydrogens is 484 g/mol. The topological polar surface area (TPSA) is 217 Å². The van der Waals surface area contributed by atoms with E-state index >= 15 is 0 Å². The normalized spacial score (nSPS) is 11.9. The van der Waals surface area contributed by atoms with Gasteiger partial charge >= 0.3 is 17.9 Å². The van der Waals surface area contributed by atoms with Crippen molar-refractivity contribution in [2.24, 2.45) is 0 Å². The summed E-state index contributed by atoms with van der Waals surface area (Å²) < 4.78 is 2.11. The van der Waals surface area contributed by atoms with E-state index in [-0.39, 0.29) is 19.0 Å². The fourth-order valence-electron chi connectivity index (χ4n) is 2.50. The summed E-state index contributed by atoms with van der Waals surface area (Å²) in [5, 5.41) is 42.6. The third-order valence-electron chi connectivity index (χ3n) is 4.23. The van der Waals surface area contributed by atoms with Gasteiger partial charge in [-0.05, 0) is 6.92 Å². The number of carboxylic acids is 2. The molecule has 1 atom stereocenters. The van der Waals surface area contributed by atoms with Gasteiger partial charge in [0.05, 0.1) is 23.3 Å². The molecule has 0 aliphatic rings. The summed E-state index contributed by atoms with van der Waals surface area (Å²) in [5.41, 5.74) is 7.23. The van der Waals surface area contributed by atoms with Gasteiger partial charge in [0.15, 0.2) is 17.8 Å². The maximum atomic E-state index is 10.4. The molecule has 7 N–H and O–H groups in total. The Hall–Kier alpha value is -2.91. The van der Waals surface area contributed by atoms with E-state index in [1.54, 1.807) is 17.5 Å². The minimum atomic E-state index is -2.77. The van der Waals surface area contributed by atoms with Crippen LogP contribution in [0.1, 0.15) is 34.8 Å². The summed E-state index contributed by atoms with van der Waals surface area (Å²) >= 11 is 1.65. The summed E-state index contributed by atoms with van der Waals surface area (Å²) in [4.78, 5) is 43.6. The summed E-state index contributed by atoms with van der Waals surface area (Å²) in [5.74, 6) is -3.70. The highest BCUT2D eigenvalue weighted by Crippen LogP contribution is 2.16. The Bertz CT molecular complexity index is 972. The van der Waals surface area contributed by atoms with Crippen LogP contribution in [0.4, 0.5) is 5.82 Å². The smallest absolute Gasteiger partial charge is 0.345 e. The molecule has 13 nitrogen and oxygen atoms in total. The molecule has 0 aliphatic heterocycles. The number of carbonyl (C=O) groups is 3. The minimum absolute atomic E-state index is 0. The van der Waals surface area contributed by atoms with Gasteiger partial charge in [0.25, 0.3) is 0 Å². The molecule has 2 rings (SSSR count). The molecule has 0 saturated heterocycles. The summed E-state index contributed by atoms with van der Waals surface area (Å²) in [6, 6.07) is 0. The predicted octanol–water partition coefficient (Wildman–Crippen LogP) is -3.71. The Balaban J connectivity index is 0.000000624. The molecule has 2 aromatic rings. The number of carbonyl (C=O) groups excluding carboxylic acids is 1. The summed E-state index contributed by atoms with van der Waals surface area (Å²) in [6.07, 6.45) is 0.152. The first-order valence-electron chi connectivity index (χ1n) is 9.10. The van der Waals surface area contributed by atoms with Crippen LogP contribution in [0.5, 0.6) is 0 Å². The number of aliphatic carboxylic acids is 2. The number of aliphatic hydroxyl groups is 2. The first-order chi connectivity index (χ1) is 14.9. The van der Waals surface area contributed by atoms with Crippen LogP contribution in [-0.2, 0) is 32.2 Å². The third-order valence-corrected chi connectivity index (χ3v) is 5.38. The van der Waals surface area contributed by atoms with Gasteiger partial charge in [-0.25, -0.2) is 19.6 Å². The number of nitrogens with zero attached hydrogens (tertiary/aromatic N) is 3. The van der Waals surface area contributed by atoms with Gasteiger partial charge in [-0.3, -0.25) is 4.79 Å². The molecule has 0 spiro atoms. The lowest BCUT2D eigenvalue weighted by molar-refractivity contribution is -0.689. The maximum absolute atomic E-state index is 10.4. The van der Waals surface area contributed by atoms with E-state index in [1.165, 1.54) is 4.88 Å². The van der Waals surface area contributed by atoms with Crippen molar-refractivity contribution in [3.8, 4) is 0 Å². The van der Waals surface area contributed by atoms with Crippen LogP contribution < -0.4 is 22.7 Å². The molecule has 1 unspecified atom stereocenters. The number of aromatic nitrogens is 3. The second kappa shape index (κ2) is 13.6. The molecule has 2 heterocycles. The zero-order valence-electron chi connectivity index (χ0n) is 17.8. The molecule has 15 heteroatoms. The zero-order valence-corrected chi connectivity index (χ0v) is 19.3. The molecular formula is C18H25ClN4O9S. The highest BCUT2D eigenvalue weighted by atomic mass is 35.5. The van der Waals surface area contributed by atoms with Gasteiger partial charge in [0.1, 0.15) is 11.6 Å². The van der Waals surface area contributed by atoms with Gasteiger partial charge in [0, 0.05) is 26.1 Å². The molecule has 33 heavy (non-hydrogen) atoms. The van der Waals surface area contributed by atoms with Gasteiger partial charge in [-0.15, -0.1) is 0 Å². The number of nitrogens with two attached hydrogens (primary N) is 1. The first kappa shape index (κ1) is 30.1. The number of rotatable bonds is 9. The highest BCUT2D eigenvalue weighted by molar-refractivity contribution is 7.09. The number of hydrogen-bond donors (Lipinski definition) is 6. The van der Waals surface area contributed by atoms with E-state index in [2.05, 4.69) is 19.4 Å². The molecule has 0 saturated carbocycles. The lowest BCUT2D eigenvalue weighted by Crippen LogP contribution is -3.00. The standard InChI is InChI=1S/C12H17N4OS.C6H8O8.ClH/c1-8-11(3-4-17)18-7-16(8)6-10-5-14-9(2)15-12(10)13;7-3(8)1-6(12,5(10)11)2-4(9)14-13;/h5,7,17H,3-4,6H2,1-2H3,(H2,13,14,15);12-13H,1-2H2,(H,7,8)(H,10,11);1H/q+1;;/p-1. The average molecular weight is 509 g/mol. The molecule has 184 valence electrons. The van der Waals surface area contributed by atoms with E-state index in [1.807, 2.05) is 19.4 Å². The molecule has 2 aromatic heterocycles. The van der Waals surface area contributed by atoms with Crippen LogP contribution in [0.15, 0.2) is 11.7 Å². The van der Waals surface area contributed by atoms with Crippen molar-refractivity contribution in [1.82, 2.24) is 9.97 Å². The number of anilines is 1. The first-order valence-corrected chi connectivity index (χ1v) is 9.98. The van der Waals surface area contributed by atoms with Crippen molar-refractivity contribution >= 4 is 35.1 Å². The SMILES string of the molecule is Cc1ncc(C[n+]2csc(CCO)c2C)c(N)n1.O=C(O)CC(O)(CC(=O)OO)C(=O)O.[Cl-]. The maximum Gasteiger partial charge on any atom is 0.345 e. The van der Waals surface area contributed by atoms with Crippen LogP contribution >= 0.6 is 11.3 Å². The van der Waals surface area contributed by atoms with Crippen LogP contribution in [0.2, 0.25) is 0 Å². The monoisotopic (exact) mass is 508 g/mol. The molecule has 0 fully saturated rings. The Kier molecular flexibility index (Phi) is 12.4. The number of aryl methyl sites for hydroxylation is 1. The Labute approximate surface area is 198 Å². The number of nitrogen functional groups attached to an aromatic ring is 1. The van der Waals surface area contributed by atoms with Gasteiger partial charge in [-0.1, -0.05) is 11.3 Å². The molecule has 0 amide bonds. The third kappa shape index (κ3) is 9.23. The summed E-state index contributed by atoms with van der Waals surface area (Å²) in [7, 11) is 0. The average Bonchev–Trinajstić information content (AvgIpc) is 3.03. The predicted molar refractivity (Wildman–Crippen MR) is 109 cm³/mol. The lowest BCUT2D eigenvalue weighted by Gasteiger charge is -2.18. The number of thiazole rings is 1. The van der Waals surface area contributed by atoms with Gasteiger partial charge in [0.2, 0.25) is 5.51 Å². The van der Waals surface area contributed by atoms with Crippen LogP contribution in [0.3, 0.4) is 0 Å². The van der Waals surface area contributed by atoms with E-state index in [0.29, 0.717) is 24.6 Å². The molecule has 0 aliphatic carbocycles. The molecule has 0 aromatic carbocycles. The highest BCUT2D eigenvalue weighted by Gasteiger charge is 2.41. The Morgan fingerprint density at radius 1 is 1.24 bits per heavy atom. The number of halogens is 1. The fourth-order valence-corrected chi connectivity index (χ4v) is 3.49. The van der Waals surface area contributed by atoms with Gasteiger partial charge in [-0.2, -0.15) is 9.82 Å². The number of hydrogen-bond acceptors (Lipinski definition) is 11. The van der Waals surface area contributed by atoms with Crippen LogP contribution in [0, 0.1) is 13.8 Å². The van der Waals surface area contributed by atoms with E-state index in [4.69, 9.17) is 31.4 Å².